The Morgan fingerprint density at radius 1 is 0.844 bits per heavy atom. The van der Waals surface area contributed by atoms with Gasteiger partial charge in [-0.05, 0) is 50.5 Å². The maximum absolute atomic E-state index is 13.0. The van der Waals surface area contributed by atoms with Crippen molar-refractivity contribution in [3.05, 3.63) is 35.9 Å². The molecular formula is C25H36N4O3. The molecule has 4 rings (SSSR count). The number of piperidine rings is 1. The summed E-state index contributed by atoms with van der Waals surface area (Å²) in [6.45, 7) is 2.16. The van der Waals surface area contributed by atoms with Crippen molar-refractivity contribution in [2.45, 2.75) is 82.3 Å². The Morgan fingerprint density at radius 2 is 1.56 bits per heavy atom. The van der Waals surface area contributed by atoms with Crippen LogP contribution in [0.15, 0.2) is 30.3 Å². The van der Waals surface area contributed by atoms with Crippen molar-refractivity contribution < 1.29 is 14.4 Å². The molecular weight excluding hydrogens is 404 g/mol. The molecule has 7 heteroatoms. The molecule has 0 radical (unpaired) electrons. The lowest BCUT2D eigenvalue weighted by Gasteiger charge is -2.40. The van der Waals surface area contributed by atoms with Crippen LogP contribution in [0.3, 0.4) is 0 Å². The third-order valence-corrected chi connectivity index (χ3v) is 7.13. The number of urea groups is 1. The zero-order valence-corrected chi connectivity index (χ0v) is 18.9. The second-order valence-corrected chi connectivity index (χ2v) is 9.39. The molecule has 2 N–H and O–H groups in total. The largest absolute Gasteiger partial charge is 0.341 e. The van der Waals surface area contributed by atoms with E-state index in [0.29, 0.717) is 32.0 Å². The molecule has 0 bridgehead atoms. The summed E-state index contributed by atoms with van der Waals surface area (Å²) in [7, 11) is 0. The van der Waals surface area contributed by atoms with E-state index in [2.05, 4.69) is 22.8 Å². The Kier molecular flexibility index (Phi) is 7.66. The minimum atomic E-state index is -0.500. The first-order valence-corrected chi connectivity index (χ1v) is 12.3. The van der Waals surface area contributed by atoms with Crippen LogP contribution in [-0.4, -0.2) is 65.4 Å². The second kappa shape index (κ2) is 10.8. The van der Waals surface area contributed by atoms with Crippen LogP contribution in [0.25, 0.3) is 0 Å². The first-order valence-electron chi connectivity index (χ1n) is 12.3. The fourth-order valence-corrected chi connectivity index (χ4v) is 5.36. The first kappa shape index (κ1) is 22.6. The average Bonchev–Trinajstić information content (AvgIpc) is 3.15. The molecule has 1 aromatic rings. The summed E-state index contributed by atoms with van der Waals surface area (Å²) in [5, 5.41) is 5.67. The molecule has 2 atom stereocenters. The Labute approximate surface area is 190 Å². The average molecular weight is 441 g/mol. The van der Waals surface area contributed by atoms with Crippen LogP contribution < -0.4 is 10.6 Å². The number of carbonyl (C=O) groups is 3. The highest BCUT2D eigenvalue weighted by Gasteiger charge is 2.36. The van der Waals surface area contributed by atoms with E-state index in [1.54, 1.807) is 0 Å². The summed E-state index contributed by atoms with van der Waals surface area (Å²) in [6, 6.07) is 9.20. The highest BCUT2D eigenvalue weighted by molar-refractivity contribution is 5.91. The standard InChI is InChI=1S/C25H36N4O3/c30-23-22(15-18-28(23)16-7-11-19-9-3-1-4-10-19)27-25(32)26-21-14-8-17-29(24(21)31)20-12-5-2-6-13-20/h1,3-4,9-10,20-22H,2,5-8,11-18H2,(H2,26,27,32). The predicted octanol–water partition coefficient (Wildman–Crippen LogP) is 2.84. The van der Waals surface area contributed by atoms with Gasteiger partial charge in [0.2, 0.25) is 11.8 Å². The van der Waals surface area contributed by atoms with Crippen molar-refractivity contribution >= 4 is 17.8 Å². The number of benzene rings is 1. The number of carbonyl (C=O) groups excluding carboxylic acids is 3. The smallest absolute Gasteiger partial charge is 0.316 e. The number of aryl methyl sites for hydroxylation is 1. The number of hydrogen-bond acceptors (Lipinski definition) is 3. The van der Waals surface area contributed by atoms with Crippen LogP contribution in [-0.2, 0) is 16.0 Å². The lowest BCUT2D eigenvalue weighted by atomic mass is 9.91. The number of rotatable bonds is 7. The van der Waals surface area contributed by atoms with Crippen LogP contribution in [0.1, 0.15) is 63.4 Å². The van der Waals surface area contributed by atoms with Gasteiger partial charge in [0, 0.05) is 25.7 Å². The van der Waals surface area contributed by atoms with Crippen molar-refractivity contribution in [1.29, 1.82) is 0 Å². The molecule has 2 heterocycles. The Bertz CT molecular complexity index is 794. The van der Waals surface area contributed by atoms with Gasteiger partial charge < -0.3 is 20.4 Å². The lowest BCUT2D eigenvalue weighted by molar-refractivity contribution is -0.138. The number of amides is 4. The third kappa shape index (κ3) is 5.61. The molecule has 1 saturated carbocycles. The number of nitrogens with zero attached hydrogens (tertiary/aromatic N) is 2. The van der Waals surface area contributed by atoms with Gasteiger partial charge in [0.1, 0.15) is 12.1 Å². The monoisotopic (exact) mass is 440 g/mol. The molecule has 4 amide bonds. The summed E-state index contributed by atoms with van der Waals surface area (Å²) in [6.07, 6.45) is 9.78. The van der Waals surface area contributed by atoms with Crippen molar-refractivity contribution in [3.8, 4) is 0 Å². The van der Waals surface area contributed by atoms with Crippen LogP contribution in [0, 0.1) is 0 Å². The Morgan fingerprint density at radius 3 is 2.31 bits per heavy atom. The lowest BCUT2D eigenvalue weighted by Crippen LogP contribution is -2.58. The van der Waals surface area contributed by atoms with Crippen LogP contribution in [0.4, 0.5) is 4.79 Å². The van der Waals surface area contributed by atoms with Gasteiger partial charge in [0.15, 0.2) is 0 Å². The Hall–Kier alpha value is -2.57. The van der Waals surface area contributed by atoms with Gasteiger partial charge in [-0.15, -0.1) is 0 Å². The van der Waals surface area contributed by atoms with E-state index in [1.165, 1.54) is 24.8 Å². The fourth-order valence-electron chi connectivity index (χ4n) is 5.36. The van der Waals surface area contributed by atoms with Crippen molar-refractivity contribution in [2.75, 3.05) is 19.6 Å². The van der Waals surface area contributed by atoms with Gasteiger partial charge in [-0.25, -0.2) is 4.79 Å². The third-order valence-electron chi connectivity index (χ3n) is 7.13. The molecule has 2 unspecified atom stereocenters. The first-order chi connectivity index (χ1) is 15.6. The number of hydrogen-bond donors (Lipinski definition) is 2. The molecule has 0 spiro atoms. The van der Waals surface area contributed by atoms with Crippen molar-refractivity contribution in [3.63, 3.8) is 0 Å². The van der Waals surface area contributed by atoms with Gasteiger partial charge in [0.05, 0.1) is 0 Å². The highest BCUT2D eigenvalue weighted by atomic mass is 16.2. The second-order valence-electron chi connectivity index (χ2n) is 9.39. The van der Waals surface area contributed by atoms with Crippen LogP contribution in [0.5, 0.6) is 0 Å². The van der Waals surface area contributed by atoms with Gasteiger partial charge in [-0.2, -0.15) is 0 Å². The van der Waals surface area contributed by atoms with Crippen molar-refractivity contribution in [2.24, 2.45) is 0 Å². The summed E-state index contributed by atoms with van der Waals surface area (Å²) < 4.78 is 0. The fraction of sp³-hybridized carbons (Fsp3) is 0.640. The summed E-state index contributed by atoms with van der Waals surface area (Å²) in [4.78, 5) is 42.1. The van der Waals surface area contributed by atoms with Crippen molar-refractivity contribution in [1.82, 2.24) is 20.4 Å². The van der Waals surface area contributed by atoms with Crippen LogP contribution >= 0.6 is 0 Å². The highest BCUT2D eigenvalue weighted by Crippen LogP contribution is 2.26. The summed E-state index contributed by atoms with van der Waals surface area (Å²) in [5.74, 6) is 0.0191. The minimum absolute atomic E-state index is 0.0213. The van der Waals surface area contributed by atoms with E-state index in [-0.39, 0.29) is 11.8 Å². The van der Waals surface area contributed by atoms with Gasteiger partial charge in [-0.3, -0.25) is 9.59 Å². The molecule has 0 aromatic heterocycles. The molecule has 1 aliphatic carbocycles. The zero-order chi connectivity index (χ0) is 22.3. The maximum Gasteiger partial charge on any atom is 0.316 e. The molecule has 2 saturated heterocycles. The number of nitrogens with one attached hydrogen (secondary N) is 2. The number of likely N-dealkylation sites (tertiary alicyclic amines) is 2. The van der Waals surface area contributed by atoms with E-state index in [9.17, 15) is 14.4 Å². The molecule has 3 aliphatic rings. The Balaban J connectivity index is 1.21. The SMILES string of the molecule is O=C(NC1CCN(CCCc2ccccc2)C1=O)NC1CCCN(C2CCCCC2)C1=O. The van der Waals surface area contributed by atoms with E-state index in [4.69, 9.17) is 0 Å². The normalized spacial score (nSPS) is 24.6. The predicted molar refractivity (Wildman–Crippen MR) is 123 cm³/mol. The van der Waals surface area contributed by atoms with Gasteiger partial charge >= 0.3 is 6.03 Å². The summed E-state index contributed by atoms with van der Waals surface area (Å²) in [5.41, 5.74) is 1.27. The van der Waals surface area contributed by atoms with Gasteiger partial charge in [0.25, 0.3) is 0 Å². The summed E-state index contributed by atoms with van der Waals surface area (Å²) >= 11 is 0. The maximum atomic E-state index is 13.0. The molecule has 7 nitrogen and oxygen atoms in total. The van der Waals surface area contributed by atoms with E-state index in [0.717, 1.165) is 38.6 Å². The van der Waals surface area contributed by atoms with Gasteiger partial charge in [-0.1, -0.05) is 49.6 Å². The topological polar surface area (TPSA) is 81.8 Å². The van der Waals surface area contributed by atoms with Crippen LogP contribution in [0.2, 0.25) is 0 Å². The quantitative estimate of drug-likeness (QED) is 0.684. The van der Waals surface area contributed by atoms with E-state index < -0.39 is 18.1 Å². The molecule has 3 fully saturated rings. The van der Waals surface area contributed by atoms with E-state index in [1.807, 2.05) is 28.0 Å². The molecule has 2 aliphatic heterocycles. The zero-order valence-electron chi connectivity index (χ0n) is 18.9. The minimum Gasteiger partial charge on any atom is -0.341 e. The molecule has 1 aromatic carbocycles. The molecule has 32 heavy (non-hydrogen) atoms. The van der Waals surface area contributed by atoms with E-state index >= 15 is 0 Å². The molecule has 174 valence electrons.